The number of aliphatic carboxylic acids is 1. The molecule has 0 unspecified atom stereocenters. The first-order chi connectivity index (χ1) is 10.3. The monoisotopic (exact) mass is 307 g/mol. The molecular formula is C14H17N3O3S. The molecule has 2 heterocycles. The zero-order valence-electron chi connectivity index (χ0n) is 11.5. The Morgan fingerprint density at radius 3 is 3.05 bits per heavy atom. The summed E-state index contributed by atoms with van der Waals surface area (Å²) in [5, 5.41) is 14.7. The molecule has 0 aliphatic carbocycles. The van der Waals surface area contributed by atoms with E-state index in [1.807, 2.05) is 28.3 Å². The van der Waals surface area contributed by atoms with Gasteiger partial charge in [0.25, 0.3) is 0 Å². The number of aromatic nitrogens is 2. The average Bonchev–Trinajstić information content (AvgIpc) is 3.13. The van der Waals surface area contributed by atoms with Crippen LogP contribution in [0.25, 0.3) is 0 Å². The summed E-state index contributed by atoms with van der Waals surface area (Å²) in [5.74, 6) is -0.780. The van der Waals surface area contributed by atoms with Crippen molar-refractivity contribution in [3.8, 4) is 0 Å². The molecule has 1 N–H and O–H groups in total. The van der Waals surface area contributed by atoms with Crippen LogP contribution in [0.2, 0.25) is 0 Å². The fraction of sp³-hybridized carbons (Fsp3) is 0.357. The molecular weight excluding hydrogens is 290 g/mol. The van der Waals surface area contributed by atoms with E-state index < -0.39 is 5.97 Å². The third-order valence-electron chi connectivity index (χ3n) is 2.75. The Hall–Kier alpha value is -2.15. The Morgan fingerprint density at radius 1 is 1.48 bits per heavy atom. The zero-order valence-corrected chi connectivity index (χ0v) is 12.3. The molecule has 0 atom stereocenters. The van der Waals surface area contributed by atoms with E-state index in [1.165, 1.54) is 0 Å². The summed E-state index contributed by atoms with van der Waals surface area (Å²) in [4.78, 5) is 20.8. The molecule has 2 aromatic heterocycles. The van der Waals surface area contributed by atoms with E-state index >= 15 is 0 Å². The number of thiophene rings is 1. The Bertz CT molecular complexity index is 564. The van der Waals surface area contributed by atoms with Crippen molar-refractivity contribution in [3.63, 3.8) is 0 Å². The number of nitrogens with zero attached hydrogens (tertiary/aromatic N) is 3. The van der Waals surface area contributed by atoms with Crippen LogP contribution in [0.15, 0.2) is 41.4 Å². The van der Waals surface area contributed by atoms with Gasteiger partial charge in [-0.2, -0.15) is 0 Å². The largest absolute Gasteiger partial charge is 0.481 e. The Balaban J connectivity index is 1.86. The van der Waals surface area contributed by atoms with Crippen LogP contribution in [0.5, 0.6) is 0 Å². The fourth-order valence-electron chi connectivity index (χ4n) is 1.71. The summed E-state index contributed by atoms with van der Waals surface area (Å²) in [6.07, 6.45) is 6.77. The number of carboxylic acids is 1. The molecule has 0 bridgehead atoms. The third-order valence-corrected chi connectivity index (χ3v) is 3.67. The number of hydrogen-bond donors (Lipinski definition) is 1. The molecule has 2 rings (SSSR count). The van der Waals surface area contributed by atoms with E-state index in [9.17, 15) is 4.79 Å². The number of carboxylic acid groups (broad SMARTS) is 1. The van der Waals surface area contributed by atoms with Gasteiger partial charge in [-0.15, -0.1) is 11.3 Å². The molecule has 2 aromatic rings. The van der Waals surface area contributed by atoms with Gasteiger partial charge in [0.1, 0.15) is 12.3 Å². The zero-order chi connectivity index (χ0) is 14.9. The fourth-order valence-corrected chi connectivity index (χ4v) is 2.41. The second-order valence-electron chi connectivity index (χ2n) is 4.43. The highest BCUT2D eigenvalue weighted by atomic mass is 32.1. The number of rotatable bonds is 9. The van der Waals surface area contributed by atoms with Crippen molar-refractivity contribution in [2.75, 3.05) is 6.61 Å². The van der Waals surface area contributed by atoms with Gasteiger partial charge < -0.3 is 14.5 Å². The smallest absolute Gasteiger partial charge is 0.303 e. The Kier molecular flexibility index (Phi) is 5.96. The normalized spacial score (nSPS) is 11.5. The maximum Gasteiger partial charge on any atom is 0.303 e. The van der Waals surface area contributed by atoms with Crippen LogP contribution in [0.4, 0.5) is 0 Å². The highest BCUT2D eigenvalue weighted by Gasteiger charge is 2.07. The SMILES string of the molecule is O=C(O)CCCCO/N=C(\Cn1ccnc1)c1cccs1. The summed E-state index contributed by atoms with van der Waals surface area (Å²) in [7, 11) is 0. The lowest BCUT2D eigenvalue weighted by Gasteiger charge is -2.06. The molecule has 0 amide bonds. The summed E-state index contributed by atoms with van der Waals surface area (Å²) in [5.41, 5.74) is 0.834. The summed E-state index contributed by atoms with van der Waals surface area (Å²) in [6.45, 7) is 1.02. The number of carbonyl (C=O) groups is 1. The van der Waals surface area contributed by atoms with Crippen molar-refractivity contribution in [1.82, 2.24) is 9.55 Å². The lowest BCUT2D eigenvalue weighted by Crippen LogP contribution is -2.10. The average molecular weight is 307 g/mol. The second kappa shape index (κ2) is 8.21. The van der Waals surface area contributed by atoms with Crippen LogP contribution in [0.1, 0.15) is 24.1 Å². The van der Waals surface area contributed by atoms with Gasteiger partial charge in [0, 0.05) is 18.8 Å². The minimum absolute atomic E-state index is 0.167. The van der Waals surface area contributed by atoms with Crippen LogP contribution >= 0.6 is 11.3 Å². The van der Waals surface area contributed by atoms with Gasteiger partial charge in [-0.05, 0) is 24.3 Å². The predicted octanol–water partition coefficient (Wildman–Crippen LogP) is 2.62. The van der Waals surface area contributed by atoms with E-state index in [-0.39, 0.29) is 6.42 Å². The van der Waals surface area contributed by atoms with Gasteiger partial charge >= 0.3 is 5.97 Å². The first-order valence-corrected chi connectivity index (χ1v) is 7.54. The van der Waals surface area contributed by atoms with E-state index in [4.69, 9.17) is 9.94 Å². The molecule has 0 aliphatic heterocycles. The van der Waals surface area contributed by atoms with Crippen LogP contribution in [0, 0.1) is 0 Å². The molecule has 0 saturated carbocycles. The van der Waals surface area contributed by atoms with Crippen molar-refractivity contribution >= 4 is 23.0 Å². The highest BCUT2D eigenvalue weighted by molar-refractivity contribution is 7.12. The van der Waals surface area contributed by atoms with Crippen molar-refractivity contribution in [2.24, 2.45) is 5.16 Å². The van der Waals surface area contributed by atoms with Gasteiger partial charge in [0.2, 0.25) is 0 Å². The maximum absolute atomic E-state index is 10.4. The van der Waals surface area contributed by atoms with Crippen molar-refractivity contribution in [3.05, 3.63) is 41.1 Å². The first-order valence-electron chi connectivity index (χ1n) is 6.66. The van der Waals surface area contributed by atoms with Crippen LogP contribution in [-0.4, -0.2) is 32.9 Å². The molecule has 112 valence electrons. The second-order valence-corrected chi connectivity index (χ2v) is 5.38. The topological polar surface area (TPSA) is 76.7 Å². The first kappa shape index (κ1) is 15.2. The third kappa shape index (κ3) is 5.39. The Labute approximate surface area is 126 Å². The molecule has 0 fully saturated rings. The van der Waals surface area contributed by atoms with Gasteiger partial charge in [0.05, 0.1) is 17.7 Å². The van der Waals surface area contributed by atoms with Gasteiger partial charge in [-0.1, -0.05) is 11.2 Å². The van der Waals surface area contributed by atoms with Gasteiger partial charge in [-0.3, -0.25) is 4.79 Å². The van der Waals surface area contributed by atoms with Gasteiger partial charge in [0.15, 0.2) is 0 Å². The van der Waals surface area contributed by atoms with Crippen molar-refractivity contribution < 1.29 is 14.7 Å². The minimum Gasteiger partial charge on any atom is -0.481 e. The van der Waals surface area contributed by atoms with Crippen LogP contribution < -0.4 is 0 Å². The van der Waals surface area contributed by atoms with Gasteiger partial charge in [-0.25, -0.2) is 4.98 Å². The standard InChI is InChI=1S/C14H17N3O3S/c18-14(19)5-1-2-8-20-16-12(13-4-3-9-21-13)10-17-7-6-15-11-17/h3-4,6-7,9,11H,1-2,5,8,10H2,(H,18,19)/b16-12+. The number of hydrogen-bond acceptors (Lipinski definition) is 5. The molecule has 0 aliphatic rings. The molecule has 7 heteroatoms. The molecule has 0 spiro atoms. The highest BCUT2D eigenvalue weighted by Crippen LogP contribution is 2.12. The summed E-state index contributed by atoms with van der Waals surface area (Å²) in [6, 6.07) is 3.96. The van der Waals surface area contributed by atoms with E-state index in [1.54, 1.807) is 23.9 Å². The minimum atomic E-state index is -0.780. The molecule has 0 radical (unpaired) electrons. The molecule has 0 saturated heterocycles. The van der Waals surface area contributed by atoms with Crippen LogP contribution in [0.3, 0.4) is 0 Å². The van der Waals surface area contributed by atoms with Crippen molar-refractivity contribution in [1.29, 1.82) is 0 Å². The summed E-state index contributed by atoms with van der Waals surface area (Å²) < 4.78 is 1.92. The lowest BCUT2D eigenvalue weighted by atomic mass is 10.2. The summed E-state index contributed by atoms with van der Waals surface area (Å²) >= 11 is 1.60. The number of oxime groups is 1. The predicted molar refractivity (Wildman–Crippen MR) is 80.5 cm³/mol. The quantitative estimate of drug-likeness (QED) is 0.439. The number of unbranched alkanes of at least 4 members (excludes halogenated alkanes) is 1. The maximum atomic E-state index is 10.4. The molecule has 6 nitrogen and oxygen atoms in total. The lowest BCUT2D eigenvalue weighted by molar-refractivity contribution is -0.137. The molecule has 21 heavy (non-hydrogen) atoms. The van der Waals surface area contributed by atoms with E-state index in [2.05, 4.69) is 10.1 Å². The van der Waals surface area contributed by atoms with E-state index in [0.29, 0.717) is 26.0 Å². The number of imidazole rings is 1. The molecule has 0 aromatic carbocycles. The van der Waals surface area contributed by atoms with E-state index in [0.717, 1.165) is 10.6 Å². The van der Waals surface area contributed by atoms with Crippen molar-refractivity contribution in [2.45, 2.75) is 25.8 Å². The van der Waals surface area contributed by atoms with Crippen LogP contribution in [-0.2, 0) is 16.2 Å². The Morgan fingerprint density at radius 2 is 2.38 bits per heavy atom.